The molecule has 2 aromatic carbocycles. The van der Waals surface area contributed by atoms with E-state index in [0.717, 1.165) is 70.5 Å². The van der Waals surface area contributed by atoms with Gasteiger partial charge < -0.3 is 54.8 Å². The van der Waals surface area contributed by atoms with Gasteiger partial charge in [-0.3, -0.25) is 9.59 Å². The first-order valence-electron chi connectivity index (χ1n) is 21.4. The minimum absolute atomic E-state index is 0.123. The number of carbonyl (C=O) groups is 4. The van der Waals surface area contributed by atoms with Crippen molar-refractivity contribution in [3.8, 4) is 33.6 Å². The summed E-state index contributed by atoms with van der Waals surface area (Å²) in [4.78, 5) is 71.2. The van der Waals surface area contributed by atoms with Gasteiger partial charge in [0.2, 0.25) is 11.8 Å². The van der Waals surface area contributed by atoms with Crippen molar-refractivity contribution in [3.63, 3.8) is 0 Å². The molecule has 0 aliphatic carbocycles. The molecular formula is C44H52N8O9. The van der Waals surface area contributed by atoms with Gasteiger partial charge in [0, 0.05) is 39.5 Å². The quantitative estimate of drug-likeness (QED) is 0.115. The lowest BCUT2D eigenvalue weighted by molar-refractivity contribution is -0.137. The van der Waals surface area contributed by atoms with Gasteiger partial charge in [-0.25, -0.2) is 19.6 Å². The first kappa shape index (κ1) is 40.6. The smallest absolute Gasteiger partial charge is 0.405 e. The van der Waals surface area contributed by atoms with Gasteiger partial charge in [-0.1, -0.05) is 24.3 Å². The van der Waals surface area contributed by atoms with Crippen LogP contribution in [0.4, 0.5) is 9.59 Å². The maximum absolute atomic E-state index is 13.9. The van der Waals surface area contributed by atoms with E-state index in [2.05, 4.69) is 57.0 Å². The Morgan fingerprint density at radius 2 is 1.05 bits per heavy atom. The average molecular weight is 837 g/mol. The number of likely N-dealkylation sites (tertiary alicyclic amines) is 2. The van der Waals surface area contributed by atoms with Gasteiger partial charge in [-0.05, 0) is 109 Å². The largest absolute Gasteiger partial charge is 0.465 e. The van der Waals surface area contributed by atoms with Crippen molar-refractivity contribution >= 4 is 24.0 Å². The molecule has 4 amide bonds. The number of hydrogen-bond donors (Lipinski definition) is 6. The molecule has 4 atom stereocenters. The molecule has 9 rings (SSSR count). The minimum Gasteiger partial charge on any atom is -0.465 e. The van der Waals surface area contributed by atoms with Gasteiger partial charge in [-0.15, -0.1) is 0 Å². The Bertz CT molecular complexity index is 2110. The van der Waals surface area contributed by atoms with E-state index in [9.17, 15) is 29.4 Å². The number of carbonyl (C=O) groups excluding carboxylic acids is 2. The van der Waals surface area contributed by atoms with Gasteiger partial charge in [0.1, 0.15) is 23.7 Å². The van der Waals surface area contributed by atoms with Crippen molar-refractivity contribution in [1.82, 2.24) is 40.4 Å². The van der Waals surface area contributed by atoms with Crippen molar-refractivity contribution in [1.29, 1.82) is 0 Å². The Hall–Kier alpha value is -5.78. The fourth-order valence-corrected chi connectivity index (χ4v) is 9.98. The van der Waals surface area contributed by atoms with Crippen molar-refractivity contribution in [3.05, 3.63) is 71.6 Å². The van der Waals surface area contributed by atoms with Crippen LogP contribution in [-0.4, -0.2) is 116 Å². The third-order valence-electron chi connectivity index (χ3n) is 13.1. The maximum atomic E-state index is 13.9. The Kier molecular flexibility index (Phi) is 11.8. The number of hydrogen-bond acceptors (Lipinski definition) is 9. The van der Waals surface area contributed by atoms with Crippen LogP contribution in [0.15, 0.2) is 48.8 Å². The van der Waals surface area contributed by atoms with Crippen molar-refractivity contribution < 1.29 is 43.6 Å². The highest BCUT2D eigenvalue weighted by Crippen LogP contribution is 2.39. The standard InChI is InChI=1S/C44H52N8O9/c53-41(37(49-43(55)56)25-9-15-59-16-10-25)51-13-1-3-35(51)39-45-21-33(47-39)27-5-7-31-29(19-27)23-61-24-30-20-28(6-8-32(30)31)34-22-46-40(48-34)36-4-2-14-52(36)42(54)38(50-44(57)58)26-11-17-60-18-12-26/h5-8,19-22,25-26,35-38,49-50H,1-4,9-18,23-24H2,(H,45,47)(H,46,48)(H,55,56)(H,57,58)/t35-,36-,37?,38?/m0/s1. The number of nitrogens with one attached hydrogen (secondary N) is 4. The number of nitrogens with zero attached hydrogens (tertiary/aromatic N) is 4. The van der Waals surface area contributed by atoms with Gasteiger partial charge in [0.15, 0.2) is 0 Å². The topological polar surface area (TPSA) is 224 Å². The second-order valence-corrected chi connectivity index (χ2v) is 16.7. The van der Waals surface area contributed by atoms with Crippen LogP contribution >= 0.6 is 0 Å². The molecule has 0 spiro atoms. The number of amides is 4. The number of benzene rings is 2. The molecule has 4 aromatic rings. The predicted molar refractivity (Wildman–Crippen MR) is 220 cm³/mol. The van der Waals surface area contributed by atoms with Crippen LogP contribution < -0.4 is 10.6 Å². The Balaban J connectivity index is 0.902. The molecule has 0 radical (unpaired) electrons. The third-order valence-corrected chi connectivity index (χ3v) is 13.1. The summed E-state index contributed by atoms with van der Waals surface area (Å²) in [5.74, 6) is 0.671. The van der Waals surface area contributed by atoms with E-state index >= 15 is 0 Å². The molecule has 17 heteroatoms. The fraction of sp³-hybridized carbons (Fsp3) is 0.500. The van der Waals surface area contributed by atoms with E-state index in [1.165, 1.54) is 0 Å². The van der Waals surface area contributed by atoms with Crippen LogP contribution in [0.5, 0.6) is 0 Å². The van der Waals surface area contributed by atoms with Gasteiger partial charge >= 0.3 is 12.2 Å². The normalized spacial score (nSPS) is 21.9. The summed E-state index contributed by atoms with van der Waals surface area (Å²) in [6, 6.07) is 10.3. The maximum Gasteiger partial charge on any atom is 0.405 e. The number of carboxylic acid groups (broad SMARTS) is 2. The van der Waals surface area contributed by atoms with Crippen LogP contribution in [0.25, 0.3) is 33.6 Å². The summed E-state index contributed by atoms with van der Waals surface area (Å²) in [5, 5.41) is 24.2. The van der Waals surface area contributed by atoms with Gasteiger partial charge in [-0.2, -0.15) is 0 Å². The van der Waals surface area contributed by atoms with E-state index in [0.29, 0.717) is 90.1 Å². The Labute approximate surface area is 352 Å². The number of fused-ring (bicyclic) bond motifs is 3. The van der Waals surface area contributed by atoms with Crippen molar-refractivity contribution in [2.45, 2.75) is 88.7 Å². The molecule has 4 fully saturated rings. The molecule has 322 valence electrons. The molecule has 61 heavy (non-hydrogen) atoms. The SMILES string of the molecule is O=C(O)NC(C(=O)N1CCC[C@H]1c1ncc(-c2ccc3c(c2)COCc2cc(-c4cnc([C@@H]5CCCN5C(=O)C(NC(=O)O)C5CCOCC5)[nH]4)ccc2-3)[nH]1)C1CCOCC1. The molecule has 6 N–H and O–H groups in total. The summed E-state index contributed by atoms with van der Waals surface area (Å²) >= 11 is 0. The predicted octanol–water partition coefficient (Wildman–Crippen LogP) is 5.62. The lowest BCUT2D eigenvalue weighted by Crippen LogP contribution is -2.52. The molecule has 4 saturated heterocycles. The monoisotopic (exact) mass is 836 g/mol. The summed E-state index contributed by atoms with van der Waals surface area (Å²) in [6.07, 6.45) is 6.70. The van der Waals surface area contributed by atoms with Gasteiger partial charge in [0.05, 0.1) is 49.1 Å². The fourth-order valence-electron chi connectivity index (χ4n) is 9.98. The summed E-state index contributed by atoms with van der Waals surface area (Å²) in [5.41, 5.74) is 7.71. The number of ether oxygens (including phenoxy) is 3. The highest BCUT2D eigenvalue weighted by molar-refractivity contribution is 5.87. The van der Waals surface area contributed by atoms with Crippen LogP contribution in [0.2, 0.25) is 0 Å². The van der Waals surface area contributed by atoms with E-state index in [1.807, 2.05) is 0 Å². The van der Waals surface area contributed by atoms with Crippen molar-refractivity contribution in [2.75, 3.05) is 39.5 Å². The number of rotatable bonds is 10. The molecule has 7 heterocycles. The highest BCUT2D eigenvalue weighted by atomic mass is 16.5. The summed E-state index contributed by atoms with van der Waals surface area (Å²) < 4.78 is 17.2. The molecule has 0 saturated carbocycles. The van der Waals surface area contributed by atoms with Crippen LogP contribution in [0.1, 0.15) is 86.2 Å². The number of imidazole rings is 2. The second kappa shape index (κ2) is 17.7. The second-order valence-electron chi connectivity index (χ2n) is 16.7. The van der Waals surface area contributed by atoms with E-state index in [4.69, 9.17) is 24.2 Å². The van der Waals surface area contributed by atoms with E-state index in [-0.39, 0.29) is 35.7 Å². The lowest BCUT2D eigenvalue weighted by atomic mass is 9.90. The van der Waals surface area contributed by atoms with Crippen LogP contribution in [0, 0.1) is 11.8 Å². The zero-order chi connectivity index (χ0) is 42.0. The first-order chi connectivity index (χ1) is 29.7. The lowest BCUT2D eigenvalue weighted by Gasteiger charge is -2.33. The van der Waals surface area contributed by atoms with E-state index in [1.54, 1.807) is 22.2 Å². The third kappa shape index (κ3) is 8.46. The molecule has 2 aromatic heterocycles. The van der Waals surface area contributed by atoms with Crippen LogP contribution in [-0.2, 0) is 37.0 Å². The molecule has 5 aliphatic rings. The Morgan fingerprint density at radius 3 is 1.46 bits per heavy atom. The first-order valence-corrected chi connectivity index (χ1v) is 21.4. The molecule has 0 bridgehead atoms. The van der Waals surface area contributed by atoms with E-state index < -0.39 is 24.3 Å². The summed E-state index contributed by atoms with van der Waals surface area (Å²) in [6.45, 7) is 3.92. The Morgan fingerprint density at radius 1 is 0.623 bits per heavy atom. The molecular weight excluding hydrogens is 785 g/mol. The van der Waals surface area contributed by atoms with Crippen LogP contribution in [0.3, 0.4) is 0 Å². The minimum atomic E-state index is -1.21. The van der Waals surface area contributed by atoms with Gasteiger partial charge in [0.25, 0.3) is 0 Å². The number of aromatic amines is 2. The molecule has 2 unspecified atom stereocenters. The van der Waals surface area contributed by atoms with Crippen molar-refractivity contribution in [2.24, 2.45) is 11.8 Å². The number of H-pyrrole nitrogens is 2. The molecule has 17 nitrogen and oxygen atoms in total. The number of aromatic nitrogens is 4. The molecule has 5 aliphatic heterocycles. The zero-order valence-electron chi connectivity index (χ0n) is 33.9. The average Bonchev–Trinajstić information content (AvgIpc) is 4.11. The highest BCUT2D eigenvalue weighted by Gasteiger charge is 2.41. The summed E-state index contributed by atoms with van der Waals surface area (Å²) in [7, 11) is 0. The zero-order valence-corrected chi connectivity index (χ0v) is 33.9.